The van der Waals surface area contributed by atoms with Crippen LogP contribution in [0.25, 0.3) is 0 Å². The van der Waals surface area contributed by atoms with Crippen LogP contribution in [-0.4, -0.2) is 65.9 Å². The van der Waals surface area contributed by atoms with Gasteiger partial charge < -0.3 is 9.64 Å². The lowest BCUT2D eigenvalue weighted by Gasteiger charge is -2.49. The van der Waals surface area contributed by atoms with Gasteiger partial charge in [-0.25, -0.2) is 4.79 Å². The number of hydrogen-bond acceptors (Lipinski definition) is 6. The molecule has 0 aromatic heterocycles. The Morgan fingerprint density at radius 2 is 1.72 bits per heavy atom. The van der Waals surface area contributed by atoms with Gasteiger partial charge in [-0.2, -0.15) is 0 Å². The third kappa shape index (κ3) is 7.14. The van der Waals surface area contributed by atoms with Crippen molar-refractivity contribution in [2.45, 2.75) is 96.7 Å². The summed E-state index contributed by atoms with van der Waals surface area (Å²) >= 11 is 0. The topological polar surface area (TPSA) is 87.7 Å². The predicted octanol–water partition coefficient (Wildman–Crippen LogP) is 3.62. The molecule has 0 aliphatic carbocycles. The fourth-order valence-corrected chi connectivity index (χ4v) is 4.68. The average molecular weight is 450 g/mol. The van der Waals surface area contributed by atoms with Crippen LogP contribution >= 0.6 is 0 Å². The number of nitrogens with zero attached hydrogens (tertiary/aromatic N) is 1. The Morgan fingerprint density at radius 3 is 2.38 bits per heavy atom. The Balaban J connectivity index is 2.16. The quantitative estimate of drug-likeness (QED) is 0.638. The summed E-state index contributed by atoms with van der Waals surface area (Å²) in [6.07, 6.45) is 10.7. The summed E-state index contributed by atoms with van der Waals surface area (Å²) in [6, 6.07) is 0.0883. The van der Waals surface area contributed by atoms with E-state index in [4.69, 9.17) is 4.74 Å². The largest absolute Gasteiger partial charge is 0.445 e. The molecule has 7 heteroatoms. The number of nitrogens with one attached hydrogen (secondary N) is 2. The van der Waals surface area contributed by atoms with Crippen molar-refractivity contribution in [2.75, 3.05) is 26.2 Å². The summed E-state index contributed by atoms with van der Waals surface area (Å²) in [5.74, 6) is 0.0227. The van der Waals surface area contributed by atoms with Gasteiger partial charge >= 0.3 is 6.09 Å². The summed E-state index contributed by atoms with van der Waals surface area (Å²) in [7, 11) is 0. The molecule has 3 rings (SSSR count). The summed E-state index contributed by atoms with van der Waals surface area (Å²) in [6.45, 7) is 10.7. The lowest BCUT2D eigenvalue weighted by Crippen LogP contribution is -2.76. The first-order valence-electron chi connectivity index (χ1n) is 12.3. The fraction of sp³-hybridized carbons (Fsp3) is 0.800. The summed E-state index contributed by atoms with van der Waals surface area (Å²) in [4.78, 5) is 40.2. The Labute approximate surface area is 193 Å². The van der Waals surface area contributed by atoms with Gasteiger partial charge in [0.1, 0.15) is 12.1 Å². The molecule has 1 saturated heterocycles. The predicted molar refractivity (Wildman–Crippen MR) is 127 cm³/mol. The Bertz CT molecular complexity index is 683. The van der Waals surface area contributed by atoms with Crippen molar-refractivity contribution in [1.29, 1.82) is 0 Å². The van der Waals surface area contributed by atoms with Crippen molar-refractivity contribution in [1.82, 2.24) is 15.5 Å². The Kier molecular flexibility index (Phi) is 9.89. The second-order valence-electron chi connectivity index (χ2n) is 10.2. The molecule has 3 heterocycles. The molecule has 2 N–H and O–H groups in total. The maximum absolute atomic E-state index is 13.3. The minimum Gasteiger partial charge on any atom is -0.445 e. The normalized spacial score (nSPS) is 30.2. The summed E-state index contributed by atoms with van der Waals surface area (Å²) in [5.41, 5.74) is -1.53. The van der Waals surface area contributed by atoms with Gasteiger partial charge in [-0.1, -0.05) is 51.7 Å². The molecule has 32 heavy (non-hydrogen) atoms. The van der Waals surface area contributed by atoms with Gasteiger partial charge in [0.05, 0.1) is 25.2 Å². The zero-order valence-corrected chi connectivity index (χ0v) is 20.7. The van der Waals surface area contributed by atoms with Crippen molar-refractivity contribution in [2.24, 2.45) is 5.92 Å². The maximum atomic E-state index is 13.3. The molecule has 3 aliphatic heterocycles. The van der Waals surface area contributed by atoms with Crippen LogP contribution < -0.4 is 10.6 Å². The van der Waals surface area contributed by atoms with E-state index >= 15 is 0 Å². The number of hydrogen-bond donors (Lipinski definition) is 2. The van der Waals surface area contributed by atoms with Crippen LogP contribution in [0, 0.1) is 5.92 Å². The average Bonchev–Trinajstić information content (AvgIpc) is 2.70. The van der Waals surface area contributed by atoms with Crippen LogP contribution in [0.4, 0.5) is 4.79 Å². The van der Waals surface area contributed by atoms with Crippen LogP contribution in [0.15, 0.2) is 12.2 Å². The number of ketones is 2. The molecule has 1 fully saturated rings. The number of rotatable bonds is 4. The monoisotopic (exact) mass is 449 g/mol. The van der Waals surface area contributed by atoms with Gasteiger partial charge in [-0.15, -0.1) is 0 Å². The SMILES string of the molecule is CC(C)NC12CN(C1)C(=O)OC/C=C/CCCCCCC[C@@](C)(C(=O)C(C)C)NCC2=O. The van der Waals surface area contributed by atoms with Crippen LogP contribution in [0.1, 0.15) is 79.6 Å². The molecular weight excluding hydrogens is 406 g/mol. The van der Waals surface area contributed by atoms with E-state index < -0.39 is 17.2 Å². The first kappa shape index (κ1) is 26.5. The molecule has 1 atom stereocenters. The van der Waals surface area contributed by atoms with E-state index in [1.807, 2.05) is 40.7 Å². The van der Waals surface area contributed by atoms with E-state index in [0.717, 1.165) is 44.9 Å². The van der Waals surface area contributed by atoms with Crippen molar-refractivity contribution in [3.05, 3.63) is 12.2 Å². The molecule has 182 valence electrons. The van der Waals surface area contributed by atoms with E-state index in [0.29, 0.717) is 0 Å². The van der Waals surface area contributed by atoms with E-state index in [-0.39, 0.29) is 49.8 Å². The first-order chi connectivity index (χ1) is 15.1. The number of amides is 1. The second-order valence-corrected chi connectivity index (χ2v) is 10.2. The molecule has 0 aromatic rings. The summed E-state index contributed by atoms with van der Waals surface area (Å²) < 4.78 is 5.33. The number of ether oxygens (including phenoxy) is 1. The molecule has 2 bridgehead atoms. The Hall–Kier alpha value is -1.73. The molecule has 0 radical (unpaired) electrons. The highest BCUT2D eigenvalue weighted by molar-refractivity contribution is 5.95. The van der Waals surface area contributed by atoms with Crippen LogP contribution in [0.3, 0.4) is 0 Å². The van der Waals surface area contributed by atoms with Gasteiger partial charge in [-0.3, -0.25) is 20.2 Å². The molecule has 0 spiro atoms. The van der Waals surface area contributed by atoms with Crippen molar-refractivity contribution in [3.8, 4) is 0 Å². The molecule has 7 nitrogen and oxygen atoms in total. The van der Waals surface area contributed by atoms with Crippen molar-refractivity contribution >= 4 is 17.7 Å². The van der Waals surface area contributed by atoms with Crippen LogP contribution in [-0.2, 0) is 14.3 Å². The number of fused-ring (bicyclic) bond motifs is 14. The Morgan fingerprint density at radius 1 is 1.06 bits per heavy atom. The van der Waals surface area contributed by atoms with Gasteiger partial charge in [0.2, 0.25) is 0 Å². The zero-order chi connectivity index (χ0) is 23.8. The van der Waals surface area contributed by atoms with Gasteiger partial charge in [0.25, 0.3) is 0 Å². The van der Waals surface area contributed by atoms with Gasteiger partial charge in [-0.05, 0) is 40.0 Å². The highest BCUT2D eigenvalue weighted by Crippen LogP contribution is 2.26. The maximum Gasteiger partial charge on any atom is 0.410 e. The lowest BCUT2D eigenvalue weighted by molar-refractivity contribution is -0.133. The second kappa shape index (κ2) is 11.9. The van der Waals surface area contributed by atoms with Crippen molar-refractivity contribution < 1.29 is 19.1 Å². The zero-order valence-electron chi connectivity index (χ0n) is 20.7. The smallest absolute Gasteiger partial charge is 0.410 e. The van der Waals surface area contributed by atoms with E-state index in [9.17, 15) is 14.4 Å². The third-order valence-corrected chi connectivity index (χ3v) is 6.50. The number of Topliss-reactive ketones (excluding diaryl/α,β-unsaturated/α-hetero) is 2. The minimum absolute atomic E-state index is 0.0177. The highest BCUT2D eigenvalue weighted by atomic mass is 16.6. The third-order valence-electron chi connectivity index (χ3n) is 6.50. The van der Waals surface area contributed by atoms with E-state index in [2.05, 4.69) is 16.7 Å². The summed E-state index contributed by atoms with van der Waals surface area (Å²) in [5, 5.41) is 6.69. The van der Waals surface area contributed by atoms with E-state index in [1.165, 1.54) is 0 Å². The molecule has 0 aromatic carbocycles. The number of allylic oxidation sites excluding steroid dienone is 1. The molecular formula is C25H43N3O4. The molecule has 3 aliphatic rings. The standard InChI is InChI=1S/C25H43N3O4/c1-19(2)22(30)24(5)14-12-10-8-6-7-9-11-13-15-32-23(31)28-17-25(18-28,27-20(3)4)21(29)16-26-24/h11,13,19-20,26-27H,6-10,12,14-18H2,1-5H3/b13-11+/t24-/m0/s1. The fourth-order valence-electron chi connectivity index (χ4n) is 4.68. The highest BCUT2D eigenvalue weighted by Gasteiger charge is 2.51. The van der Waals surface area contributed by atoms with Gasteiger partial charge in [0.15, 0.2) is 11.6 Å². The molecule has 1 amide bonds. The lowest BCUT2D eigenvalue weighted by atomic mass is 9.81. The van der Waals surface area contributed by atoms with E-state index in [1.54, 1.807) is 4.90 Å². The number of carbonyl (C=O) groups excluding carboxylic acids is 3. The molecule has 0 saturated carbocycles. The molecule has 0 unspecified atom stereocenters. The number of carbonyl (C=O) groups is 3. The van der Waals surface area contributed by atoms with Crippen molar-refractivity contribution in [3.63, 3.8) is 0 Å². The minimum atomic E-state index is -0.805. The van der Waals surface area contributed by atoms with Crippen LogP contribution in [0.5, 0.6) is 0 Å². The van der Waals surface area contributed by atoms with Gasteiger partial charge in [0, 0.05) is 12.0 Å². The van der Waals surface area contributed by atoms with Crippen LogP contribution in [0.2, 0.25) is 0 Å². The first-order valence-corrected chi connectivity index (χ1v) is 12.3.